The summed E-state index contributed by atoms with van der Waals surface area (Å²) in [5, 5.41) is 0. The van der Waals surface area contributed by atoms with Crippen LogP contribution in [0.4, 0.5) is 9.59 Å². The quantitative estimate of drug-likeness (QED) is 0.275. The molecule has 4 amide bonds. The number of amides is 4. The number of benzene rings is 2. The number of rotatable bonds is 6. The Bertz CT molecular complexity index is 2010. The van der Waals surface area contributed by atoms with Crippen LogP contribution in [0.2, 0.25) is 0 Å². The van der Waals surface area contributed by atoms with Crippen molar-refractivity contribution in [3.8, 4) is 0 Å². The lowest BCUT2D eigenvalue weighted by Gasteiger charge is -2.35. The molecule has 0 bridgehead atoms. The molecule has 2 aliphatic heterocycles. The Morgan fingerprint density at radius 3 is 1.39 bits per heavy atom. The van der Waals surface area contributed by atoms with Gasteiger partial charge in [0.1, 0.15) is 11.2 Å². The van der Waals surface area contributed by atoms with Crippen molar-refractivity contribution in [1.29, 1.82) is 0 Å². The van der Waals surface area contributed by atoms with E-state index in [1.165, 1.54) is 0 Å². The third-order valence-corrected chi connectivity index (χ3v) is 9.04. The van der Waals surface area contributed by atoms with Crippen molar-refractivity contribution in [1.82, 2.24) is 48.5 Å². The van der Waals surface area contributed by atoms with Gasteiger partial charge in [-0.15, -0.1) is 0 Å². The molecule has 2 saturated heterocycles. The highest BCUT2D eigenvalue weighted by Gasteiger charge is 2.30. The van der Waals surface area contributed by atoms with Gasteiger partial charge >= 0.3 is 12.2 Å². The highest BCUT2D eigenvalue weighted by molar-refractivity contribution is 5.98. The molecule has 2 aromatic heterocycles. The molecule has 0 radical (unpaired) electrons. The lowest BCUT2D eigenvalue weighted by Crippen LogP contribution is -2.51. The molecule has 304 valence electrons. The number of hydrogen-bond donors (Lipinski definition) is 0. The van der Waals surface area contributed by atoms with E-state index in [1.54, 1.807) is 32.3 Å². The zero-order valence-corrected chi connectivity index (χ0v) is 34.6. The van der Waals surface area contributed by atoms with E-state index in [-0.39, 0.29) is 24.0 Å². The Hall–Kier alpha value is -5.22. The Kier molecular flexibility index (Phi) is 12.9. The molecule has 4 aromatic rings. The predicted octanol–water partition coefficient (Wildman–Crippen LogP) is 4.50. The summed E-state index contributed by atoms with van der Waals surface area (Å²) < 4.78 is 14.9. The van der Waals surface area contributed by atoms with E-state index in [4.69, 9.17) is 9.47 Å². The minimum atomic E-state index is -0.519. The molecule has 2 aliphatic rings. The number of ether oxygens (including phenoxy) is 2. The Balaban J connectivity index is 0.000000214. The van der Waals surface area contributed by atoms with Gasteiger partial charge in [0.15, 0.2) is 0 Å². The molecular formula is C40H58N10O6. The normalized spacial score (nSPS) is 15.4. The molecule has 0 aliphatic carbocycles. The van der Waals surface area contributed by atoms with Crippen LogP contribution in [0.3, 0.4) is 0 Å². The highest BCUT2D eigenvalue weighted by atomic mass is 16.6. The number of hydrogen-bond acceptors (Lipinski definition) is 10. The Labute approximate surface area is 329 Å². The van der Waals surface area contributed by atoms with Gasteiger partial charge in [0, 0.05) is 63.5 Å². The number of piperazine rings is 2. The van der Waals surface area contributed by atoms with Crippen LogP contribution in [-0.2, 0) is 22.8 Å². The first-order chi connectivity index (χ1) is 26.3. The first kappa shape index (κ1) is 41.9. The SMILES string of the molecule is CN(C)Cn1cnc2cc(C(=O)N3CCN(C(=O)OC(C)(C)C)CC3)ccc21.CN(C)Cn1cnc2ccc(C(=O)N3CCN(C(=O)OC(C)(C)C)CC3)cc21. The van der Waals surface area contributed by atoms with Gasteiger partial charge in [-0.1, -0.05) is 0 Å². The molecule has 0 unspecified atom stereocenters. The summed E-state index contributed by atoms with van der Waals surface area (Å²) in [6.07, 6.45) is 2.93. The Morgan fingerprint density at radius 2 is 0.946 bits per heavy atom. The summed E-state index contributed by atoms with van der Waals surface area (Å²) in [5.41, 5.74) is 3.83. The number of imidazole rings is 2. The maximum Gasteiger partial charge on any atom is 0.410 e. The standard InChI is InChI=1S/2C20H29N5O3/c1-20(2,3)28-19(27)24-10-8-23(9-11-24)18(26)15-6-7-17-16(12-15)21-13-25(17)14-22(4)5;1-20(2,3)28-19(27)24-10-8-23(9-11-24)18(26)15-6-7-16-17(12-15)25(13-21-16)14-22(4)5/h2*6-7,12-13H,8-11,14H2,1-5H3. The lowest BCUT2D eigenvalue weighted by molar-refractivity contribution is 0.0136. The summed E-state index contributed by atoms with van der Waals surface area (Å²) >= 11 is 0. The number of nitrogens with zero attached hydrogens (tertiary/aromatic N) is 10. The lowest BCUT2D eigenvalue weighted by atomic mass is 10.1. The van der Waals surface area contributed by atoms with E-state index in [2.05, 4.69) is 14.9 Å². The summed E-state index contributed by atoms with van der Waals surface area (Å²) in [6, 6.07) is 11.2. The zero-order chi connectivity index (χ0) is 40.9. The van der Waals surface area contributed by atoms with Gasteiger partial charge in [0.2, 0.25) is 0 Å². The number of fused-ring (bicyclic) bond motifs is 2. The van der Waals surface area contributed by atoms with Crippen molar-refractivity contribution in [3.05, 3.63) is 60.2 Å². The van der Waals surface area contributed by atoms with Crippen LogP contribution in [0, 0.1) is 0 Å². The highest BCUT2D eigenvalue weighted by Crippen LogP contribution is 2.20. The maximum atomic E-state index is 13.0. The van der Waals surface area contributed by atoms with E-state index >= 15 is 0 Å². The van der Waals surface area contributed by atoms with Crippen molar-refractivity contribution >= 4 is 46.1 Å². The fraction of sp³-hybridized carbons (Fsp3) is 0.550. The van der Waals surface area contributed by atoms with Gasteiger partial charge in [-0.2, -0.15) is 0 Å². The molecular weight excluding hydrogens is 717 g/mol. The first-order valence-electron chi connectivity index (χ1n) is 19.0. The minimum Gasteiger partial charge on any atom is -0.444 e. The van der Waals surface area contributed by atoms with Gasteiger partial charge in [0.05, 0.1) is 48.1 Å². The van der Waals surface area contributed by atoms with Gasteiger partial charge in [-0.3, -0.25) is 19.4 Å². The molecule has 0 atom stereocenters. The van der Waals surface area contributed by atoms with Gasteiger partial charge in [0.25, 0.3) is 11.8 Å². The van der Waals surface area contributed by atoms with Crippen molar-refractivity contribution in [2.45, 2.75) is 66.1 Å². The van der Waals surface area contributed by atoms with E-state index in [9.17, 15) is 19.2 Å². The van der Waals surface area contributed by atoms with Crippen molar-refractivity contribution in [2.24, 2.45) is 0 Å². The van der Waals surface area contributed by atoms with Crippen LogP contribution in [-0.4, -0.2) is 164 Å². The molecule has 16 heteroatoms. The third-order valence-electron chi connectivity index (χ3n) is 9.04. The fourth-order valence-corrected chi connectivity index (χ4v) is 6.42. The maximum absolute atomic E-state index is 13.0. The average molecular weight is 775 g/mol. The zero-order valence-electron chi connectivity index (χ0n) is 34.6. The molecule has 0 N–H and O–H groups in total. The van der Waals surface area contributed by atoms with E-state index in [0.717, 1.165) is 28.7 Å². The van der Waals surface area contributed by atoms with Crippen molar-refractivity contribution in [2.75, 3.05) is 80.5 Å². The fourth-order valence-electron chi connectivity index (χ4n) is 6.42. The van der Waals surface area contributed by atoms with E-state index in [0.29, 0.717) is 70.2 Å². The molecule has 4 heterocycles. The largest absolute Gasteiger partial charge is 0.444 e. The minimum absolute atomic E-state index is 0.0247. The third kappa shape index (κ3) is 11.0. The number of aromatic nitrogens is 4. The molecule has 56 heavy (non-hydrogen) atoms. The van der Waals surface area contributed by atoms with Gasteiger partial charge in [-0.05, 0) is 106 Å². The smallest absolute Gasteiger partial charge is 0.410 e. The average Bonchev–Trinajstić information content (AvgIpc) is 3.72. The van der Waals surface area contributed by atoms with Crippen LogP contribution in [0.25, 0.3) is 22.1 Å². The number of carbonyl (C=O) groups excluding carboxylic acids is 4. The molecule has 2 aromatic carbocycles. The van der Waals surface area contributed by atoms with Crippen LogP contribution < -0.4 is 0 Å². The predicted molar refractivity (Wildman–Crippen MR) is 214 cm³/mol. The summed E-state index contributed by atoms with van der Waals surface area (Å²) in [5.74, 6) is -0.0590. The van der Waals surface area contributed by atoms with Crippen LogP contribution in [0.15, 0.2) is 49.1 Å². The second-order valence-electron chi connectivity index (χ2n) is 16.8. The second-order valence-corrected chi connectivity index (χ2v) is 16.8. The topological polar surface area (TPSA) is 142 Å². The second kappa shape index (κ2) is 17.3. The number of carbonyl (C=O) groups is 4. The van der Waals surface area contributed by atoms with Crippen LogP contribution >= 0.6 is 0 Å². The van der Waals surface area contributed by atoms with Gasteiger partial charge < -0.3 is 38.2 Å². The molecule has 6 rings (SSSR count). The molecule has 2 fully saturated rings. The van der Waals surface area contributed by atoms with E-state index < -0.39 is 11.2 Å². The monoisotopic (exact) mass is 774 g/mol. The summed E-state index contributed by atoms with van der Waals surface area (Å²) in [6.45, 7) is 16.4. The molecule has 16 nitrogen and oxygen atoms in total. The van der Waals surface area contributed by atoms with Crippen LogP contribution in [0.5, 0.6) is 0 Å². The molecule has 0 saturated carbocycles. The van der Waals surface area contributed by atoms with Crippen LogP contribution in [0.1, 0.15) is 62.3 Å². The van der Waals surface area contributed by atoms with E-state index in [1.807, 2.05) is 120 Å². The van der Waals surface area contributed by atoms with Crippen molar-refractivity contribution < 1.29 is 28.7 Å². The summed E-state index contributed by atoms with van der Waals surface area (Å²) in [7, 11) is 7.98. The summed E-state index contributed by atoms with van der Waals surface area (Å²) in [4.78, 5) is 70.0. The first-order valence-corrected chi connectivity index (χ1v) is 19.0. The van der Waals surface area contributed by atoms with Gasteiger partial charge in [-0.25, -0.2) is 19.6 Å². The van der Waals surface area contributed by atoms with Crippen molar-refractivity contribution in [3.63, 3.8) is 0 Å². The Morgan fingerprint density at radius 1 is 0.554 bits per heavy atom. The molecule has 0 spiro atoms.